The summed E-state index contributed by atoms with van der Waals surface area (Å²) in [5.74, 6) is 0.550. The summed E-state index contributed by atoms with van der Waals surface area (Å²) < 4.78 is 44.3. The zero-order valence-electron chi connectivity index (χ0n) is 17.4. The Morgan fingerprint density at radius 1 is 1.06 bits per heavy atom. The van der Waals surface area contributed by atoms with Crippen molar-refractivity contribution in [2.45, 2.75) is 37.3 Å². The number of para-hydroxylation sites is 1. The fraction of sp³-hybridized carbons (Fsp3) is 0.450. The van der Waals surface area contributed by atoms with Gasteiger partial charge in [0.25, 0.3) is 0 Å². The number of benzene rings is 1. The van der Waals surface area contributed by atoms with Crippen LogP contribution in [0.2, 0.25) is 0 Å². The largest absolute Gasteiger partial charge is 0.389 e. The Kier molecular flexibility index (Phi) is 5.96. The third kappa shape index (κ3) is 4.79. The van der Waals surface area contributed by atoms with Gasteiger partial charge in [0.05, 0.1) is 5.41 Å². The average molecular weight is 448 g/mol. The number of nitrogen functional groups attached to an aromatic ring is 1. The van der Waals surface area contributed by atoms with Gasteiger partial charge in [0.2, 0.25) is 29.4 Å². The predicted molar refractivity (Wildman–Crippen MR) is 111 cm³/mol. The molecule has 0 amide bonds. The summed E-state index contributed by atoms with van der Waals surface area (Å²) >= 11 is 0. The predicted octanol–water partition coefficient (Wildman–Crippen LogP) is 3.24. The minimum atomic E-state index is -4.26. The number of anilines is 3. The molecule has 3 heterocycles. The van der Waals surface area contributed by atoms with Crippen LogP contribution in [-0.2, 0) is 5.41 Å². The highest BCUT2D eigenvalue weighted by Crippen LogP contribution is 2.40. The first kappa shape index (κ1) is 21.9. The number of alkyl halides is 3. The summed E-state index contributed by atoms with van der Waals surface area (Å²) in [6.45, 7) is 1.14. The van der Waals surface area contributed by atoms with Crippen molar-refractivity contribution in [2.75, 3.05) is 30.8 Å². The quantitative estimate of drug-likeness (QED) is 0.586. The monoisotopic (exact) mass is 448 g/mol. The minimum absolute atomic E-state index is 0.0345. The molecule has 1 aromatic carbocycles. The second kappa shape index (κ2) is 8.69. The van der Waals surface area contributed by atoms with Crippen LogP contribution < -0.4 is 16.0 Å². The van der Waals surface area contributed by atoms with Crippen molar-refractivity contribution < 1.29 is 17.7 Å². The summed E-state index contributed by atoms with van der Waals surface area (Å²) in [5.41, 5.74) is 5.85. The summed E-state index contributed by atoms with van der Waals surface area (Å²) in [7, 11) is 1.77. The van der Waals surface area contributed by atoms with E-state index in [0.29, 0.717) is 25.9 Å². The molecular weight excluding hydrogens is 425 g/mol. The van der Waals surface area contributed by atoms with E-state index in [9.17, 15) is 13.2 Å². The van der Waals surface area contributed by atoms with Crippen LogP contribution in [0.15, 0.2) is 34.9 Å². The number of nitrogens with two attached hydrogens (primary N) is 1. The zero-order valence-corrected chi connectivity index (χ0v) is 17.4. The van der Waals surface area contributed by atoms with Crippen LogP contribution in [-0.4, -0.2) is 51.4 Å². The molecule has 9 nitrogen and oxygen atoms in total. The third-order valence-corrected chi connectivity index (χ3v) is 5.61. The van der Waals surface area contributed by atoms with Crippen molar-refractivity contribution in [3.63, 3.8) is 0 Å². The number of aromatic nitrogens is 5. The van der Waals surface area contributed by atoms with Crippen molar-refractivity contribution in [2.24, 2.45) is 0 Å². The van der Waals surface area contributed by atoms with Crippen LogP contribution in [0.25, 0.3) is 11.6 Å². The topological polar surface area (TPSA) is 119 Å². The number of nitrogens with zero attached hydrogens (tertiary/aromatic N) is 6. The molecule has 0 radical (unpaired) electrons. The summed E-state index contributed by atoms with van der Waals surface area (Å²) in [5, 5.41) is 7.11. The first-order valence-corrected chi connectivity index (χ1v) is 10.2. The molecule has 3 N–H and O–H groups in total. The van der Waals surface area contributed by atoms with E-state index < -0.39 is 18.0 Å². The van der Waals surface area contributed by atoms with E-state index in [1.165, 1.54) is 0 Å². The van der Waals surface area contributed by atoms with E-state index in [-0.39, 0.29) is 35.9 Å². The van der Waals surface area contributed by atoms with E-state index in [0.717, 1.165) is 5.69 Å². The van der Waals surface area contributed by atoms with Gasteiger partial charge in [-0.05, 0) is 44.5 Å². The van der Waals surface area contributed by atoms with Crippen molar-refractivity contribution in [3.05, 3.63) is 36.2 Å². The highest BCUT2D eigenvalue weighted by Gasteiger charge is 2.42. The number of piperidine rings is 1. The Labute approximate surface area is 182 Å². The maximum Gasteiger partial charge on any atom is 0.389 e. The molecule has 1 fully saturated rings. The maximum atomic E-state index is 12.9. The highest BCUT2D eigenvalue weighted by molar-refractivity contribution is 5.59. The molecule has 0 unspecified atom stereocenters. The SMILES string of the molecule is CN(c1ccccc1)c1nc(N)nc(-c2noc(C3(CCC(F)(F)F)CCNCC3)n2)n1. The molecule has 1 aliphatic rings. The normalized spacial score (nSPS) is 16.1. The Bertz CT molecular complexity index is 1050. The minimum Gasteiger partial charge on any atom is -0.368 e. The third-order valence-electron chi connectivity index (χ3n) is 5.61. The Balaban J connectivity index is 1.64. The Hall–Kier alpha value is -3.28. The summed E-state index contributed by atoms with van der Waals surface area (Å²) in [4.78, 5) is 18.8. The number of hydrogen-bond donors (Lipinski definition) is 2. The molecule has 3 aromatic rings. The molecular formula is C20H23F3N8O. The van der Waals surface area contributed by atoms with Gasteiger partial charge in [-0.25, -0.2) is 0 Å². The molecule has 12 heteroatoms. The second-order valence-electron chi connectivity index (χ2n) is 7.78. The van der Waals surface area contributed by atoms with Gasteiger partial charge in [0.15, 0.2) is 0 Å². The van der Waals surface area contributed by atoms with Gasteiger partial charge in [0.1, 0.15) is 0 Å². The van der Waals surface area contributed by atoms with E-state index in [4.69, 9.17) is 10.3 Å². The molecule has 0 atom stereocenters. The molecule has 0 bridgehead atoms. The van der Waals surface area contributed by atoms with Crippen LogP contribution in [0.1, 0.15) is 31.6 Å². The van der Waals surface area contributed by atoms with Gasteiger partial charge in [-0.2, -0.15) is 33.1 Å². The van der Waals surface area contributed by atoms with Gasteiger partial charge in [-0.1, -0.05) is 23.4 Å². The van der Waals surface area contributed by atoms with Crippen molar-refractivity contribution in [1.82, 2.24) is 30.4 Å². The summed E-state index contributed by atoms with van der Waals surface area (Å²) in [6, 6.07) is 9.41. The van der Waals surface area contributed by atoms with Crippen LogP contribution in [0.4, 0.5) is 30.8 Å². The second-order valence-corrected chi connectivity index (χ2v) is 7.78. The van der Waals surface area contributed by atoms with Crippen LogP contribution >= 0.6 is 0 Å². The molecule has 1 aliphatic heterocycles. The fourth-order valence-corrected chi connectivity index (χ4v) is 3.78. The lowest BCUT2D eigenvalue weighted by atomic mass is 9.75. The lowest BCUT2D eigenvalue weighted by Gasteiger charge is -2.34. The average Bonchev–Trinajstić information content (AvgIpc) is 3.29. The number of rotatable bonds is 6. The summed E-state index contributed by atoms with van der Waals surface area (Å²) in [6.07, 6.45) is -4.38. The van der Waals surface area contributed by atoms with E-state index >= 15 is 0 Å². The van der Waals surface area contributed by atoms with Gasteiger partial charge < -0.3 is 20.5 Å². The van der Waals surface area contributed by atoms with Gasteiger partial charge in [-0.3, -0.25) is 0 Å². The zero-order chi connectivity index (χ0) is 22.8. The molecule has 1 saturated heterocycles. The van der Waals surface area contributed by atoms with Gasteiger partial charge in [-0.15, -0.1) is 0 Å². The lowest BCUT2D eigenvalue weighted by molar-refractivity contribution is -0.139. The first-order chi connectivity index (χ1) is 15.3. The number of nitrogens with one attached hydrogen (secondary N) is 1. The van der Waals surface area contributed by atoms with Crippen LogP contribution in [0.3, 0.4) is 0 Å². The lowest BCUT2D eigenvalue weighted by Crippen LogP contribution is -2.41. The maximum absolute atomic E-state index is 12.9. The molecule has 0 spiro atoms. The molecule has 0 saturated carbocycles. The molecule has 32 heavy (non-hydrogen) atoms. The van der Waals surface area contributed by atoms with Crippen molar-refractivity contribution in [1.29, 1.82) is 0 Å². The molecule has 170 valence electrons. The van der Waals surface area contributed by atoms with Crippen LogP contribution in [0, 0.1) is 0 Å². The smallest absolute Gasteiger partial charge is 0.368 e. The van der Waals surface area contributed by atoms with Crippen LogP contribution in [0.5, 0.6) is 0 Å². The number of halogens is 3. The van der Waals surface area contributed by atoms with E-state index in [1.807, 2.05) is 30.3 Å². The van der Waals surface area contributed by atoms with Gasteiger partial charge >= 0.3 is 6.18 Å². The first-order valence-electron chi connectivity index (χ1n) is 10.2. The standard InChI is InChI=1S/C20H23F3N8O/c1-31(13-5-3-2-4-6-13)18-28-14(27-17(24)29-18)15-26-16(32-30-15)19(7-8-20(21,22)23)9-11-25-12-10-19/h2-6,25H,7-12H2,1H3,(H2,24,27,28,29). The van der Waals surface area contributed by atoms with Crippen molar-refractivity contribution >= 4 is 17.6 Å². The number of hydrogen-bond acceptors (Lipinski definition) is 9. The highest BCUT2D eigenvalue weighted by atomic mass is 19.4. The van der Waals surface area contributed by atoms with E-state index in [2.05, 4.69) is 30.4 Å². The van der Waals surface area contributed by atoms with E-state index in [1.54, 1.807) is 11.9 Å². The Morgan fingerprint density at radius 2 is 1.78 bits per heavy atom. The Morgan fingerprint density at radius 3 is 2.47 bits per heavy atom. The molecule has 4 rings (SSSR count). The molecule has 0 aliphatic carbocycles. The fourth-order valence-electron chi connectivity index (χ4n) is 3.78. The molecule has 2 aromatic heterocycles. The van der Waals surface area contributed by atoms with Gasteiger partial charge in [0, 0.05) is 19.2 Å². The van der Waals surface area contributed by atoms with Crippen molar-refractivity contribution in [3.8, 4) is 11.6 Å².